The Bertz CT molecular complexity index is 967. The number of cyclic esters (lactones) is 1. The first kappa shape index (κ1) is 19.1. The Morgan fingerprint density at radius 2 is 1.93 bits per heavy atom. The van der Waals surface area contributed by atoms with Crippen molar-refractivity contribution in [1.82, 2.24) is 0 Å². The Morgan fingerprint density at radius 1 is 1.14 bits per heavy atom. The number of ether oxygens (including phenoxy) is 4. The molecule has 0 spiro atoms. The number of hydrogen-bond acceptors (Lipinski definition) is 6. The second-order valence-corrected chi connectivity index (χ2v) is 5.70. The van der Waals surface area contributed by atoms with Crippen LogP contribution >= 0.6 is 0 Å². The maximum absolute atomic E-state index is 12.2. The van der Waals surface area contributed by atoms with Crippen molar-refractivity contribution in [2.75, 3.05) is 20.3 Å². The third-order valence-electron chi connectivity index (χ3n) is 3.84. The first-order valence-corrected chi connectivity index (χ1v) is 8.64. The predicted molar refractivity (Wildman–Crippen MR) is 106 cm³/mol. The third-order valence-corrected chi connectivity index (χ3v) is 3.84. The maximum atomic E-state index is 12.2. The van der Waals surface area contributed by atoms with Crippen LogP contribution in [0.2, 0.25) is 0 Å². The zero-order chi connectivity index (χ0) is 19.9. The van der Waals surface area contributed by atoms with E-state index >= 15 is 0 Å². The van der Waals surface area contributed by atoms with Crippen LogP contribution in [0.1, 0.15) is 18.1 Å². The van der Waals surface area contributed by atoms with Gasteiger partial charge in [0.2, 0.25) is 5.90 Å². The summed E-state index contributed by atoms with van der Waals surface area (Å²) in [5, 5.41) is 0. The van der Waals surface area contributed by atoms with E-state index in [0.29, 0.717) is 29.4 Å². The zero-order valence-electron chi connectivity index (χ0n) is 15.6. The van der Waals surface area contributed by atoms with E-state index in [0.717, 1.165) is 5.56 Å². The zero-order valence-corrected chi connectivity index (χ0v) is 15.6. The Labute approximate surface area is 163 Å². The quantitative estimate of drug-likeness (QED) is 0.420. The lowest BCUT2D eigenvalue weighted by atomic mass is 10.1. The van der Waals surface area contributed by atoms with E-state index in [4.69, 9.17) is 25.4 Å². The van der Waals surface area contributed by atoms with Crippen LogP contribution < -0.4 is 14.2 Å². The molecule has 0 aromatic heterocycles. The minimum atomic E-state index is -0.517. The molecule has 0 radical (unpaired) electrons. The molecule has 0 N–H and O–H groups in total. The average Bonchev–Trinajstić information content (AvgIpc) is 3.08. The Kier molecular flexibility index (Phi) is 5.97. The number of nitrogens with zero attached hydrogens (tertiary/aromatic N) is 1. The molecule has 6 nitrogen and oxygen atoms in total. The molecule has 142 valence electrons. The molecular formula is C22H19NO5. The number of benzene rings is 2. The van der Waals surface area contributed by atoms with Crippen molar-refractivity contribution in [2.24, 2.45) is 4.99 Å². The van der Waals surface area contributed by atoms with Crippen molar-refractivity contribution in [3.63, 3.8) is 0 Å². The van der Waals surface area contributed by atoms with Crippen molar-refractivity contribution >= 4 is 17.9 Å². The second-order valence-electron chi connectivity index (χ2n) is 5.70. The van der Waals surface area contributed by atoms with Crippen LogP contribution in [0.3, 0.4) is 0 Å². The molecule has 0 atom stereocenters. The highest BCUT2D eigenvalue weighted by Crippen LogP contribution is 2.30. The summed E-state index contributed by atoms with van der Waals surface area (Å²) in [6.07, 6.45) is 6.86. The van der Waals surface area contributed by atoms with Gasteiger partial charge < -0.3 is 18.9 Å². The van der Waals surface area contributed by atoms with E-state index in [1.807, 2.05) is 6.92 Å². The summed E-state index contributed by atoms with van der Waals surface area (Å²) in [4.78, 5) is 16.5. The smallest absolute Gasteiger partial charge is 0.363 e. The lowest BCUT2D eigenvalue weighted by Crippen LogP contribution is -2.05. The van der Waals surface area contributed by atoms with Gasteiger partial charge in [-0.1, -0.05) is 12.0 Å². The molecule has 0 unspecified atom stereocenters. The molecule has 3 rings (SSSR count). The van der Waals surface area contributed by atoms with Crippen LogP contribution in [0.5, 0.6) is 17.2 Å². The van der Waals surface area contributed by atoms with Gasteiger partial charge in [0, 0.05) is 5.56 Å². The fourth-order valence-corrected chi connectivity index (χ4v) is 2.55. The minimum absolute atomic E-state index is 0.141. The molecule has 2 aromatic rings. The normalized spacial score (nSPS) is 14.2. The number of esters is 1. The fourth-order valence-electron chi connectivity index (χ4n) is 2.55. The van der Waals surface area contributed by atoms with Crippen molar-refractivity contribution < 1.29 is 23.7 Å². The first-order valence-electron chi connectivity index (χ1n) is 8.64. The highest BCUT2D eigenvalue weighted by atomic mass is 16.6. The topological polar surface area (TPSA) is 66.3 Å². The Hall–Kier alpha value is -3.72. The van der Waals surface area contributed by atoms with Gasteiger partial charge in [-0.25, -0.2) is 9.79 Å². The van der Waals surface area contributed by atoms with Crippen LogP contribution in [-0.2, 0) is 9.53 Å². The number of rotatable bonds is 7. The van der Waals surface area contributed by atoms with Crippen molar-refractivity contribution in [3.05, 3.63) is 59.3 Å². The summed E-state index contributed by atoms with van der Waals surface area (Å²) in [5.74, 6) is 3.93. The Morgan fingerprint density at radius 3 is 2.61 bits per heavy atom. The molecule has 0 saturated carbocycles. The van der Waals surface area contributed by atoms with E-state index in [1.54, 1.807) is 55.7 Å². The van der Waals surface area contributed by atoms with Crippen molar-refractivity contribution in [1.29, 1.82) is 0 Å². The maximum Gasteiger partial charge on any atom is 0.363 e. The predicted octanol–water partition coefficient (Wildman–Crippen LogP) is 3.45. The fraction of sp³-hybridized carbons (Fsp3) is 0.182. The summed E-state index contributed by atoms with van der Waals surface area (Å²) in [6, 6.07) is 12.4. The van der Waals surface area contributed by atoms with E-state index in [1.165, 1.54) is 0 Å². The van der Waals surface area contributed by atoms with E-state index in [2.05, 4.69) is 10.9 Å². The van der Waals surface area contributed by atoms with Gasteiger partial charge in [0.05, 0.1) is 13.7 Å². The first-order chi connectivity index (χ1) is 13.6. The second kappa shape index (κ2) is 8.78. The number of hydrogen-bond donors (Lipinski definition) is 0. The summed E-state index contributed by atoms with van der Waals surface area (Å²) < 4.78 is 21.5. The van der Waals surface area contributed by atoms with E-state index < -0.39 is 5.97 Å². The average molecular weight is 377 g/mol. The van der Waals surface area contributed by atoms with Gasteiger partial charge in [-0.3, -0.25) is 0 Å². The summed E-state index contributed by atoms with van der Waals surface area (Å²) >= 11 is 0. The van der Waals surface area contributed by atoms with Crippen molar-refractivity contribution in [2.45, 2.75) is 6.92 Å². The van der Waals surface area contributed by atoms with Crippen LogP contribution in [0.25, 0.3) is 6.08 Å². The third kappa shape index (κ3) is 4.33. The standard InChI is InChI=1S/C22H19NO5/c1-4-12-27-19-11-6-15(14-20(19)26-5-2)13-18-22(24)28-21(23-18)16-7-9-17(25-3)10-8-16/h1,6-11,13-14H,5,12H2,2-3H3. The van der Waals surface area contributed by atoms with Gasteiger partial charge in [0.15, 0.2) is 17.2 Å². The molecule has 1 heterocycles. The molecule has 0 aliphatic carbocycles. The van der Waals surface area contributed by atoms with Crippen LogP contribution in [-0.4, -0.2) is 32.2 Å². The van der Waals surface area contributed by atoms with Crippen LogP contribution in [0.15, 0.2) is 53.2 Å². The van der Waals surface area contributed by atoms with E-state index in [-0.39, 0.29) is 18.2 Å². The number of terminal acetylenes is 1. The molecule has 0 amide bonds. The highest BCUT2D eigenvalue weighted by Gasteiger charge is 2.24. The Balaban J connectivity index is 1.87. The van der Waals surface area contributed by atoms with E-state index in [9.17, 15) is 4.79 Å². The number of methoxy groups -OCH3 is 1. The monoisotopic (exact) mass is 377 g/mol. The van der Waals surface area contributed by atoms with Gasteiger partial charge >= 0.3 is 5.97 Å². The van der Waals surface area contributed by atoms with Gasteiger partial charge in [-0.05, 0) is 55.0 Å². The molecule has 6 heteroatoms. The van der Waals surface area contributed by atoms with Gasteiger partial charge in [-0.2, -0.15) is 0 Å². The number of carbonyl (C=O) groups is 1. The molecule has 1 aliphatic heterocycles. The molecule has 0 bridgehead atoms. The number of aliphatic imine (C=N–C) groups is 1. The molecule has 0 fully saturated rings. The molecular weight excluding hydrogens is 358 g/mol. The largest absolute Gasteiger partial charge is 0.497 e. The summed E-state index contributed by atoms with van der Waals surface area (Å²) in [5.41, 5.74) is 1.61. The number of carbonyl (C=O) groups excluding carboxylic acids is 1. The summed E-state index contributed by atoms with van der Waals surface area (Å²) in [7, 11) is 1.59. The molecule has 1 aliphatic rings. The van der Waals surface area contributed by atoms with Crippen molar-refractivity contribution in [3.8, 4) is 29.6 Å². The molecule has 2 aromatic carbocycles. The molecule has 28 heavy (non-hydrogen) atoms. The SMILES string of the molecule is C#CCOc1ccc(C=C2N=C(c3ccc(OC)cc3)OC2=O)cc1OCC. The lowest BCUT2D eigenvalue weighted by molar-refractivity contribution is -0.129. The highest BCUT2D eigenvalue weighted by molar-refractivity contribution is 6.12. The van der Waals surface area contributed by atoms with Crippen LogP contribution in [0, 0.1) is 12.3 Å². The molecule has 0 saturated heterocycles. The van der Waals surface area contributed by atoms with Gasteiger partial charge in [0.1, 0.15) is 12.4 Å². The summed E-state index contributed by atoms with van der Waals surface area (Å²) in [6.45, 7) is 2.48. The lowest BCUT2D eigenvalue weighted by Gasteiger charge is -2.10. The minimum Gasteiger partial charge on any atom is -0.497 e. The van der Waals surface area contributed by atoms with Crippen LogP contribution in [0.4, 0.5) is 0 Å². The van der Waals surface area contributed by atoms with Gasteiger partial charge in [0.25, 0.3) is 0 Å². The van der Waals surface area contributed by atoms with Gasteiger partial charge in [-0.15, -0.1) is 6.42 Å².